The number of nitrogens with zero attached hydrogens (tertiary/aromatic N) is 1. The molecule has 0 amide bonds. The standard InChI is InChI=1S/C7H13NO3/c9-6-7(5-8-10)1-3-11-4-2-7/h9H,1-6H2. The van der Waals surface area contributed by atoms with Gasteiger partial charge in [-0.1, -0.05) is 5.18 Å². The number of hydrogen-bond donors (Lipinski definition) is 1. The molecule has 1 rings (SSSR count). The predicted octanol–water partition coefficient (Wildman–Crippen LogP) is 0.542. The third kappa shape index (κ3) is 1.97. The lowest BCUT2D eigenvalue weighted by Gasteiger charge is -2.32. The lowest BCUT2D eigenvalue weighted by atomic mass is 9.81. The van der Waals surface area contributed by atoms with Gasteiger partial charge in [-0.2, -0.15) is 4.91 Å². The van der Waals surface area contributed by atoms with Crippen LogP contribution >= 0.6 is 0 Å². The average Bonchev–Trinajstić information content (AvgIpc) is 2.07. The van der Waals surface area contributed by atoms with Crippen molar-refractivity contribution >= 4 is 0 Å². The Hall–Kier alpha value is -0.480. The van der Waals surface area contributed by atoms with Crippen LogP contribution < -0.4 is 0 Å². The first kappa shape index (κ1) is 8.62. The summed E-state index contributed by atoms with van der Waals surface area (Å²) < 4.78 is 5.12. The van der Waals surface area contributed by atoms with Crippen molar-refractivity contribution < 1.29 is 9.84 Å². The number of nitroso groups, excluding NO2 is 1. The first-order valence-corrected chi connectivity index (χ1v) is 3.81. The smallest absolute Gasteiger partial charge is 0.0891 e. The van der Waals surface area contributed by atoms with Crippen LogP contribution in [0.15, 0.2) is 5.18 Å². The molecule has 1 N–H and O–H groups in total. The molecule has 1 aliphatic rings. The number of aliphatic hydroxyl groups is 1. The number of aliphatic hydroxyl groups excluding tert-OH is 1. The molecule has 11 heavy (non-hydrogen) atoms. The van der Waals surface area contributed by atoms with Gasteiger partial charge in [0.05, 0.1) is 13.2 Å². The summed E-state index contributed by atoms with van der Waals surface area (Å²) in [4.78, 5) is 10.0. The monoisotopic (exact) mass is 159 g/mol. The molecule has 1 heterocycles. The summed E-state index contributed by atoms with van der Waals surface area (Å²) in [6.07, 6.45) is 1.49. The Labute approximate surface area is 65.5 Å². The van der Waals surface area contributed by atoms with Crippen LogP contribution in [0, 0.1) is 10.3 Å². The van der Waals surface area contributed by atoms with E-state index in [9.17, 15) is 4.91 Å². The molecule has 0 unspecified atom stereocenters. The van der Waals surface area contributed by atoms with Crippen LogP contribution in [-0.4, -0.2) is 31.5 Å². The molecule has 64 valence electrons. The van der Waals surface area contributed by atoms with E-state index in [2.05, 4.69) is 5.18 Å². The van der Waals surface area contributed by atoms with Gasteiger partial charge < -0.3 is 9.84 Å². The van der Waals surface area contributed by atoms with E-state index in [1.54, 1.807) is 0 Å². The maximum absolute atomic E-state index is 10.0. The van der Waals surface area contributed by atoms with Gasteiger partial charge in [-0.25, -0.2) is 0 Å². The van der Waals surface area contributed by atoms with Crippen molar-refractivity contribution in [1.29, 1.82) is 0 Å². The highest BCUT2D eigenvalue weighted by Gasteiger charge is 2.32. The summed E-state index contributed by atoms with van der Waals surface area (Å²) in [6.45, 7) is 1.53. The SMILES string of the molecule is O=NCC1(CO)CCOCC1. The van der Waals surface area contributed by atoms with Gasteiger partial charge in [-0.15, -0.1) is 0 Å². The van der Waals surface area contributed by atoms with E-state index in [-0.39, 0.29) is 18.6 Å². The molecule has 0 radical (unpaired) electrons. The zero-order valence-corrected chi connectivity index (χ0v) is 6.45. The molecule has 1 fully saturated rings. The Morgan fingerprint density at radius 1 is 1.45 bits per heavy atom. The van der Waals surface area contributed by atoms with Gasteiger partial charge in [0.25, 0.3) is 0 Å². The fraction of sp³-hybridized carbons (Fsp3) is 1.00. The third-order valence-corrected chi connectivity index (χ3v) is 2.29. The zero-order chi connectivity index (χ0) is 8.16. The summed E-state index contributed by atoms with van der Waals surface area (Å²) in [5.41, 5.74) is -0.278. The van der Waals surface area contributed by atoms with Gasteiger partial charge in [0.15, 0.2) is 0 Å². The van der Waals surface area contributed by atoms with Crippen molar-refractivity contribution in [3.63, 3.8) is 0 Å². The largest absolute Gasteiger partial charge is 0.396 e. The molecule has 4 heteroatoms. The topological polar surface area (TPSA) is 58.9 Å². The van der Waals surface area contributed by atoms with E-state index in [0.717, 1.165) is 12.8 Å². The number of rotatable bonds is 3. The average molecular weight is 159 g/mol. The van der Waals surface area contributed by atoms with Gasteiger partial charge >= 0.3 is 0 Å². The third-order valence-electron chi connectivity index (χ3n) is 2.29. The Bertz CT molecular complexity index is 132. The Kier molecular flexibility index (Phi) is 2.96. The molecule has 0 aliphatic carbocycles. The van der Waals surface area contributed by atoms with Crippen LogP contribution in [0.1, 0.15) is 12.8 Å². The minimum atomic E-state index is -0.278. The van der Waals surface area contributed by atoms with E-state index in [4.69, 9.17) is 9.84 Å². The van der Waals surface area contributed by atoms with Gasteiger partial charge in [0.2, 0.25) is 0 Å². The maximum Gasteiger partial charge on any atom is 0.0891 e. The van der Waals surface area contributed by atoms with Crippen LogP contribution in [0.5, 0.6) is 0 Å². The summed E-state index contributed by atoms with van der Waals surface area (Å²) in [5, 5.41) is 11.9. The van der Waals surface area contributed by atoms with Gasteiger partial charge in [0, 0.05) is 18.6 Å². The zero-order valence-electron chi connectivity index (χ0n) is 6.45. The molecule has 4 nitrogen and oxygen atoms in total. The van der Waals surface area contributed by atoms with Crippen molar-refractivity contribution in [3.8, 4) is 0 Å². The molecular weight excluding hydrogens is 146 g/mol. The molecule has 0 bridgehead atoms. The fourth-order valence-electron chi connectivity index (χ4n) is 1.31. The Balaban J connectivity index is 2.49. The highest BCUT2D eigenvalue weighted by Crippen LogP contribution is 2.29. The molecule has 1 saturated heterocycles. The van der Waals surface area contributed by atoms with Crippen molar-refractivity contribution in [2.24, 2.45) is 10.6 Å². The predicted molar refractivity (Wildman–Crippen MR) is 40.2 cm³/mol. The van der Waals surface area contributed by atoms with Crippen LogP contribution in [0.25, 0.3) is 0 Å². The summed E-state index contributed by atoms with van der Waals surface area (Å²) in [7, 11) is 0. The molecular formula is C7H13NO3. The molecule has 0 aromatic carbocycles. The number of hydrogen-bond acceptors (Lipinski definition) is 4. The highest BCUT2D eigenvalue weighted by atomic mass is 16.5. The van der Waals surface area contributed by atoms with Crippen LogP contribution in [0.2, 0.25) is 0 Å². The first-order valence-electron chi connectivity index (χ1n) is 3.81. The van der Waals surface area contributed by atoms with Crippen LogP contribution in [0.3, 0.4) is 0 Å². The van der Waals surface area contributed by atoms with Crippen molar-refractivity contribution in [3.05, 3.63) is 4.91 Å². The van der Waals surface area contributed by atoms with Gasteiger partial charge in [0.1, 0.15) is 0 Å². The second-order valence-electron chi connectivity index (χ2n) is 3.06. The molecule has 0 saturated carbocycles. The lowest BCUT2D eigenvalue weighted by molar-refractivity contribution is -0.0107. The van der Waals surface area contributed by atoms with E-state index >= 15 is 0 Å². The van der Waals surface area contributed by atoms with Crippen molar-refractivity contribution in [2.75, 3.05) is 26.4 Å². The Morgan fingerprint density at radius 3 is 2.55 bits per heavy atom. The summed E-state index contributed by atoms with van der Waals surface area (Å²) in [6, 6.07) is 0. The fourth-order valence-corrected chi connectivity index (χ4v) is 1.31. The van der Waals surface area contributed by atoms with E-state index in [0.29, 0.717) is 13.2 Å². The van der Waals surface area contributed by atoms with E-state index < -0.39 is 0 Å². The minimum absolute atomic E-state index is 0.0437. The highest BCUT2D eigenvalue weighted by molar-refractivity contribution is 4.82. The summed E-state index contributed by atoms with van der Waals surface area (Å²) >= 11 is 0. The van der Waals surface area contributed by atoms with Crippen LogP contribution in [0.4, 0.5) is 0 Å². The summed E-state index contributed by atoms with van der Waals surface area (Å²) in [5.74, 6) is 0. The second-order valence-corrected chi connectivity index (χ2v) is 3.06. The molecule has 1 aliphatic heterocycles. The van der Waals surface area contributed by atoms with Crippen LogP contribution in [-0.2, 0) is 4.74 Å². The van der Waals surface area contributed by atoms with Gasteiger partial charge in [-0.3, -0.25) is 0 Å². The lowest BCUT2D eigenvalue weighted by Crippen LogP contribution is -2.35. The first-order chi connectivity index (χ1) is 5.33. The van der Waals surface area contributed by atoms with Gasteiger partial charge in [-0.05, 0) is 12.8 Å². The Morgan fingerprint density at radius 2 is 2.09 bits per heavy atom. The van der Waals surface area contributed by atoms with E-state index in [1.807, 2.05) is 0 Å². The van der Waals surface area contributed by atoms with E-state index in [1.165, 1.54) is 0 Å². The number of ether oxygens (including phenoxy) is 1. The molecule has 0 aromatic heterocycles. The molecule has 0 aromatic rings. The second kappa shape index (κ2) is 3.78. The van der Waals surface area contributed by atoms with Crippen molar-refractivity contribution in [1.82, 2.24) is 0 Å². The molecule has 0 atom stereocenters. The molecule has 0 spiro atoms. The normalized spacial score (nSPS) is 23.0. The van der Waals surface area contributed by atoms with Crippen molar-refractivity contribution in [2.45, 2.75) is 12.8 Å². The maximum atomic E-state index is 10.0. The quantitative estimate of drug-likeness (QED) is 0.611. The minimum Gasteiger partial charge on any atom is -0.396 e.